The molecule has 1 heterocycles. The van der Waals surface area contributed by atoms with Gasteiger partial charge in [0.15, 0.2) is 9.84 Å². The van der Waals surface area contributed by atoms with Crippen molar-refractivity contribution in [2.45, 2.75) is 19.8 Å². The van der Waals surface area contributed by atoms with E-state index in [0.717, 1.165) is 0 Å². The summed E-state index contributed by atoms with van der Waals surface area (Å²) in [7, 11) is -3.02. The van der Waals surface area contributed by atoms with Crippen molar-refractivity contribution in [2.24, 2.45) is 11.0 Å². The third-order valence-electron chi connectivity index (χ3n) is 3.64. The van der Waals surface area contributed by atoms with Crippen LogP contribution < -0.4 is 5.43 Å². The molecule has 1 N–H and O–H groups in total. The quantitative estimate of drug-likeness (QED) is 0.492. The molecular weight excluding hydrogens is 322 g/mol. The second kappa shape index (κ2) is 6.86. The molecule has 0 aromatic heterocycles. The van der Waals surface area contributed by atoms with E-state index in [9.17, 15) is 23.3 Å². The molecule has 124 valence electrons. The zero-order valence-corrected chi connectivity index (χ0v) is 13.4. The van der Waals surface area contributed by atoms with Gasteiger partial charge in [-0.2, -0.15) is 5.10 Å². The fraction of sp³-hybridized carbons (Fsp3) is 0.429. The van der Waals surface area contributed by atoms with Crippen LogP contribution >= 0.6 is 0 Å². The lowest BCUT2D eigenvalue weighted by Gasteiger charge is -2.07. The first-order valence-corrected chi connectivity index (χ1v) is 8.88. The maximum Gasteiger partial charge on any atom is 0.278 e. The molecule has 1 atom stereocenters. The molecule has 9 heteroatoms. The van der Waals surface area contributed by atoms with Crippen molar-refractivity contribution in [3.63, 3.8) is 0 Å². The van der Waals surface area contributed by atoms with E-state index in [4.69, 9.17) is 0 Å². The Labute approximate surface area is 133 Å². The molecule has 1 amide bonds. The Morgan fingerprint density at radius 1 is 1.43 bits per heavy atom. The molecule has 8 nitrogen and oxygen atoms in total. The van der Waals surface area contributed by atoms with Gasteiger partial charge < -0.3 is 0 Å². The number of sulfone groups is 1. The second-order valence-corrected chi connectivity index (χ2v) is 7.71. The highest BCUT2D eigenvalue weighted by molar-refractivity contribution is 7.91. The van der Waals surface area contributed by atoms with E-state index in [2.05, 4.69) is 10.5 Å². The number of hydrazone groups is 1. The highest BCUT2D eigenvalue weighted by Gasteiger charge is 2.29. The average Bonchev–Trinajstić information content (AvgIpc) is 2.83. The predicted molar refractivity (Wildman–Crippen MR) is 84.8 cm³/mol. The van der Waals surface area contributed by atoms with E-state index >= 15 is 0 Å². The molecule has 1 aromatic carbocycles. The number of benzene rings is 1. The molecule has 23 heavy (non-hydrogen) atoms. The van der Waals surface area contributed by atoms with Crippen LogP contribution in [0, 0.1) is 16.0 Å². The van der Waals surface area contributed by atoms with Crippen molar-refractivity contribution in [3.8, 4) is 0 Å². The minimum absolute atomic E-state index is 0.0211. The van der Waals surface area contributed by atoms with Crippen LogP contribution in [0.3, 0.4) is 0 Å². The zero-order valence-electron chi connectivity index (χ0n) is 12.6. The van der Waals surface area contributed by atoms with Crippen molar-refractivity contribution in [1.82, 2.24) is 5.43 Å². The van der Waals surface area contributed by atoms with E-state index in [1.807, 2.05) is 0 Å². The fourth-order valence-electron chi connectivity index (χ4n) is 2.49. The third kappa shape index (κ3) is 4.59. The number of amides is 1. The van der Waals surface area contributed by atoms with Crippen molar-refractivity contribution in [1.29, 1.82) is 0 Å². The van der Waals surface area contributed by atoms with Gasteiger partial charge in [0, 0.05) is 12.5 Å². The lowest BCUT2D eigenvalue weighted by atomic mass is 10.1. The van der Waals surface area contributed by atoms with Gasteiger partial charge >= 0.3 is 0 Å². The van der Waals surface area contributed by atoms with Gasteiger partial charge in [-0.05, 0) is 25.3 Å². The molecule has 0 aliphatic carbocycles. The summed E-state index contributed by atoms with van der Waals surface area (Å²) >= 11 is 0. The van der Waals surface area contributed by atoms with E-state index in [1.54, 1.807) is 25.1 Å². The number of nitro groups is 1. The highest BCUT2D eigenvalue weighted by Crippen LogP contribution is 2.21. The molecule has 1 fully saturated rings. The van der Waals surface area contributed by atoms with Gasteiger partial charge in [-0.1, -0.05) is 12.1 Å². The van der Waals surface area contributed by atoms with Crippen LogP contribution in [0.15, 0.2) is 29.4 Å². The monoisotopic (exact) mass is 339 g/mol. The first kappa shape index (κ1) is 17.1. The lowest BCUT2D eigenvalue weighted by molar-refractivity contribution is -0.385. The molecule has 0 unspecified atom stereocenters. The number of rotatable bonds is 5. The molecule has 2 rings (SSSR count). The maximum atomic E-state index is 11.8. The minimum atomic E-state index is -3.02. The zero-order chi connectivity index (χ0) is 17.0. The molecule has 0 bridgehead atoms. The summed E-state index contributed by atoms with van der Waals surface area (Å²) in [6.07, 6.45) is 0.551. The summed E-state index contributed by atoms with van der Waals surface area (Å²) in [5, 5.41) is 14.8. The van der Waals surface area contributed by atoms with Gasteiger partial charge in [0.1, 0.15) is 0 Å². The molecule has 0 spiro atoms. The molecule has 0 saturated carbocycles. The average molecular weight is 339 g/mol. The van der Waals surface area contributed by atoms with Crippen molar-refractivity contribution in [3.05, 3.63) is 39.9 Å². The van der Waals surface area contributed by atoms with Crippen molar-refractivity contribution < 1.29 is 18.1 Å². The van der Waals surface area contributed by atoms with E-state index in [-0.39, 0.29) is 29.5 Å². The van der Waals surface area contributed by atoms with Crippen LogP contribution in [-0.2, 0) is 14.6 Å². The topological polar surface area (TPSA) is 119 Å². The standard InChI is InChI=1S/C14H17N3O5S/c1-10(12-4-2-3-5-13(12)17(19)20)15-16-14(18)8-11-6-7-23(21,22)9-11/h2-5,11H,6-9H2,1H3,(H,16,18)/b15-10-/t11-/m1/s1. The van der Waals surface area contributed by atoms with E-state index in [1.165, 1.54) is 6.07 Å². The van der Waals surface area contributed by atoms with Crippen molar-refractivity contribution in [2.75, 3.05) is 11.5 Å². The Morgan fingerprint density at radius 3 is 2.74 bits per heavy atom. The van der Waals surface area contributed by atoms with Crippen LogP contribution in [0.4, 0.5) is 5.69 Å². The van der Waals surface area contributed by atoms with Crippen LogP contribution in [0.5, 0.6) is 0 Å². The summed E-state index contributed by atoms with van der Waals surface area (Å²) in [6, 6.07) is 6.10. The number of hydrogen-bond donors (Lipinski definition) is 1. The SMILES string of the molecule is C/C(=N/NC(=O)C[C@H]1CCS(=O)(=O)C1)c1ccccc1[N+](=O)[O-]. The summed E-state index contributed by atoms with van der Waals surface area (Å²) < 4.78 is 22.7. The number of nitrogens with zero attached hydrogens (tertiary/aromatic N) is 2. The van der Waals surface area contributed by atoms with Crippen LogP contribution in [0.25, 0.3) is 0 Å². The lowest BCUT2D eigenvalue weighted by Crippen LogP contribution is -2.22. The number of carbonyl (C=O) groups excluding carboxylic acids is 1. The summed E-state index contributed by atoms with van der Waals surface area (Å²) in [5.74, 6) is -0.455. The Balaban J connectivity index is 2.00. The van der Waals surface area contributed by atoms with E-state index < -0.39 is 20.7 Å². The number of nitro benzene ring substituents is 1. The van der Waals surface area contributed by atoms with Crippen LogP contribution in [0.1, 0.15) is 25.3 Å². The number of nitrogens with one attached hydrogen (secondary N) is 1. The number of carbonyl (C=O) groups is 1. The third-order valence-corrected chi connectivity index (χ3v) is 5.48. The van der Waals surface area contributed by atoms with Gasteiger partial charge in [0.05, 0.1) is 27.7 Å². The van der Waals surface area contributed by atoms with Crippen LogP contribution in [-0.4, -0.2) is 36.5 Å². The summed E-state index contributed by atoms with van der Waals surface area (Å²) in [5.41, 5.74) is 2.87. The predicted octanol–water partition coefficient (Wildman–Crippen LogP) is 1.26. The van der Waals surface area contributed by atoms with Crippen molar-refractivity contribution >= 4 is 27.1 Å². The molecular formula is C14H17N3O5S. The van der Waals surface area contributed by atoms with Gasteiger partial charge in [-0.25, -0.2) is 13.8 Å². The highest BCUT2D eigenvalue weighted by atomic mass is 32.2. The molecule has 1 aliphatic rings. The van der Waals surface area contributed by atoms with Gasteiger partial charge in [-0.15, -0.1) is 0 Å². The summed E-state index contributed by atoms with van der Waals surface area (Å²) in [6.45, 7) is 1.56. The molecule has 1 aromatic rings. The normalized spacial score (nSPS) is 20.2. The minimum Gasteiger partial charge on any atom is -0.273 e. The molecule has 1 saturated heterocycles. The Bertz CT molecular complexity index is 757. The smallest absolute Gasteiger partial charge is 0.273 e. The van der Waals surface area contributed by atoms with Gasteiger partial charge in [0.2, 0.25) is 5.91 Å². The largest absolute Gasteiger partial charge is 0.278 e. The van der Waals surface area contributed by atoms with Gasteiger partial charge in [-0.3, -0.25) is 14.9 Å². The Kier molecular flexibility index (Phi) is 5.09. The first-order valence-electron chi connectivity index (χ1n) is 7.06. The molecule has 0 radical (unpaired) electrons. The Hall–Kier alpha value is -2.29. The fourth-order valence-corrected chi connectivity index (χ4v) is 4.35. The summed E-state index contributed by atoms with van der Waals surface area (Å²) in [4.78, 5) is 22.3. The maximum absolute atomic E-state index is 11.8. The molecule has 1 aliphatic heterocycles. The van der Waals surface area contributed by atoms with E-state index in [0.29, 0.717) is 17.7 Å². The number of hydrogen-bond acceptors (Lipinski definition) is 6. The van der Waals surface area contributed by atoms with Gasteiger partial charge in [0.25, 0.3) is 5.69 Å². The number of para-hydroxylation sites is 1. The Morgan fingerprint density at radius 2 is 2.13 bits per heavy atom. The second-order valence-electron chi connectivity index (χ2n) is 5.48. The first-order chi connectivity index (χ1) is 10.8. The van der Waals surface area contributed by atoms with Crippen LogP contribution in [0.2, 0.25) is 0 Å².